The van der Waals surface area contributed by atoms with E-state index in [1.54, 1.807) is 12.4 Å². The molecule has 0 saturated carbocycles. The number of hydrogen-bond donors (Lipinski definition) is 2. The monoisotopic (exact) mass is 256 g/mol. The van der Waals surface area contributed by atoms with Gasteiger partial charge >= 0.3 is 0 Å². The largest absolute Gasteiger partial charge is 0.372 e. The molecule has 0 radical (unpaired) electrons. The number of carbonyl (C=O) groups is 2. The summed E-state index contributed by atoms with van der Waals surface area (Å²) < 4.78 is 0. The first-order valence-electron chi connectivity index (χ1n) is 4.96. The van der Waals surface area contributed by atoms with Crippen molar-refractivity contribution in [2.24, 2.45) is 0 Å². The Hall–Kier alpha value is -0.880. The van der Waals surface area contributed by atoms with Crippen molar-refractivity contribution in [3.05, 3.63) is 23.2 Å². The topological polar surface area (TPSA) is 58.2 Å². The Balaban J connectivity index is 1.70. The maximum absolute atomic E-state index is 11.6. The minimum atomic E-state index is -0.199. The second kappa shape index (κ2) is 5.45. The van der Waals surface area contributed by atoms with Crippen LogP contribution in [-0.2, 0) is 9.59 Å². The Kier molecular flexibility index (Phi) is 3.95. The van der Waals surface area contributed by atoms with Crippen LogP contribution in [0.25, 0.3) is 0 Å². The molecule has 0 aromatic rings. The summed E-state index contributed by atoms with van der Waals surface area (Å²) in [4.78, 5) is 23.3. The van der Waals surface area contributed by atoms with E-state index in [2.05, 4.69) is 10.6 Å². The zero-order valence-corrected chi connectivity index (χ0v) is 10.1. The highest BCUT2D eigenvalue weighted by Gasteiger charge is 2.23. The third-order valence-corrected chi connectivity index (χ3v) is 4.19. The molecule has 0 aromatic carbocycles. The lowest BCUT2D eigenvalue weighted by Gasteiger charge is -2.10. The highest BCUT2D eigenvalue weighted by molar-refractivity contribution is 8.03. The molecule has 0 aliphatic carbocycles. The molecule has 2 aliphatic rings. The van der Waals surface area contributed by atoms with Gasteiger partial charge in [0.15, 0.2) is 11.6 Å². The molecule has 2 unspecified atom stereocenters. The fourth-order valence-electron chi connectivity index (χ4n) is 1.41. The molecule has 0 saturated heterocycles. The van der Waals surface area contributed by atoms with Crippen LogP contribution in [0, 0.1) is 0 Å². The summed E-state index contributed by atoms with van der Waals surface area (Å²) in [6.07, 6.45) is 4.13. The lowest BCUT2D eigenvalue weighted by atomic mass is 10.1. The molecule has 0 aromatic heterocycles. The van der Waals surface area contributed by atoms with Gasteiger partial charge in [0.25, 0.3) is 0 Å². The van der Waals surface area contributed by atoms with E-state index in [0.29, 0.717) is 12.8 Å². The summed E-state index contributed by atoms with van der Waals surface area (Å²) >= 11 is 2.90. The van der Waals surface area contributed by atoms with Gasteiger partial charge in [0.05, 0.1) is 0 Å². The van der Waals surface area contributed by atoms with E-state index in [1.807, 2.05) is 10.8 Å². The smallest absolute Gasteiger partial charge is 0.166 e. The second-order valence-corrected chi connectivity index (χ2v) is 5.44. The molecular weight excluding hydrogens is 244 g/mol. The van der Waals surface area contributed by atoms with Crippen LogP contribution in [0.15, 0.2) is 23.2 Å². The molecule has 2 rings (SSSR count). The molecule has 0 bridgehead atoms. The highest BCUT2D eigenvalue weighted by atomic mass is 32.2. The van der Waals surface area contributed by atoms with Gasteiger partial charge in [-0.05, 0) is 10.8 Å². The minimum absolute atomic E-state index is 0.0827. The summed E-state index contributed by atoms with van der Waals surface area (Å²) in [5.41, 5.74) is 0. The third-order valence-electron chi connectivity index (χ3n) is 2.26. The van der Waals surface area contributed by atoms with Gasteiger partial charge in [-0.25, -0.2) is 0 Å². The van der Waals surface area contributed by atoms with E-state index in [0.717, 1.165) is 0 Å². The average molecular weight is 256 g/mol. The Bertz CT molecular complexity index is 305. The van der Waals surface area contributed by atoms with Crippen LogP contribution < -0.4 is 10.6 Å². The Labute approximate surface area is 102 Å². The summed E-state index contributed by atoms with van der Waals surface area (Å²) in [6.45, 7) is 0. The summed E-state index contributed by atoms with van der Waals surface area (Å²) in [5.74, 6) is 0.165. The summed E-state index contributed by atoms with van der Waals surface area (Å²) in [5, 5.41) is 9.18. The number of nitrogens with one attached hydrogen (secondary N) is 2. The molecule has 0 spiro atoms. The van der Waals surface area contributed by atoms with Crippen LogP contribution in [0.1, 0.15) is 12.8 Å². The maximum Gasteiger partial charge on any atom is 0.166 e. The summed E-state index contributed by atoms with van der Waals surface area (Å²) in [6, 6.07) is 0. The van der Waals surface area contributed by atoms with Crippen molar-refractivity contribution in [3.63, 3.8) is 0 Å². The van der Waals surface area contributed by atoms with Gasteiger partial charge in [0, 0.05) is 25.2 Å². The van der Waals surface area contributed by atoms with Gasteiger partial charge < -0.3 is 10.6 Å². The van der Waals surface area contributed by atoms with Gasteiger partial charge in [-0.3, -0.25) is 9.59 Å². The molecule has 2 atom stereocenters. The van der Waals surface area contributed by atoms with Crippen LogP contribution >= 0.6 is 23.5 Å². The quantitative estimate of drug-likeness (QED) is 0.770. The lowest BCUT2D eigenvalue weighted by molar-refractivity contribution is -0.124. The summed E-state index contributed by atoms with van der Waals surface area (Å²) in [7, 11) is 0. The molecule has 0 amide bonds. The zero-order valence-electron chi connectivity index (χ0n) is 8.51. The Morgan fingerprint density at radius 3 is 1.69 bits per heavy atom. The molecule has 6 heteroatoms. The van der Waals surface area contributed by atoms with E-state index >= 15 is 0 Å². The molecule has 0 fully saturated rings. The Morgan fingerprint density at radius 1 is 0.938 bits per heavy atom. The normalized spacial score (nSPS) is 26.5. The number of carbonyl (C=O) groups excluding carboxylic acids is 2. The number of ketones is 2. The van der Waals surface area contributed by atoms with Crippen molar-refractivity contribution in [1.29, 1.82) is 0 Å². The molecule has 2 N–H and O–H groups in total. The van der Waals surface area contributed by atoms with E-state index in [9.17, 15) is 9.59 Å². The predicted molar refractivity (Wildman–Crippen MR) is 66.6 cm³/mol. The van der Waals surface area contributed by atoms with Crippen molar-refractivity contribution >= 4 is 35.1 Å². The van der Waals surface area contributed by atoms with Crippen molar-refractivity contribution < 1.29 is 9.59 Å². The van der Waals surface area contributed by atoms with Gasteiger partial charge in [0.1, 0.15) is 10.7 Å². The first kappa shape index (κ1) is 11.6. The number of rotatable bonds is 5. The minimum Gasteiger partial charge on any atom is -0.372 e. The van der Waals surface area contributed by atoms with Gasteiger partial charge in [-0.15, -0.1) is 0 Å². The number of thioether (sulfide) groups is 2. The fraction of sp³-hybridized carbons (Fsp3) is 0.400. The van der Waals surface area contributed by atoms with Crippen molar-refractivity contribution in [2.45, 2.75) is 23.6 Å². The van der Waals surface area contributed by atoms with E-state index < -0.39 is 0 Å². The maximum atomic E-state index is 11.6. The molecule has 2 aliphatic heterocycles. The van der Waals surface area contributed by atoms with Crippen molar-refractivity contribution in [3.8, 4) is 0 Å². The van der Waals surface area contributed by atoms with Crippen LogP contribution in [0.4, 0.5) is 0 Å². The zero-order chi connectivity index (χ0) is 11.4. The van der Waals surface area contributed by atoms with E-state index in [1.165, 1.54) is 23.5 Å². The van der Waals surface area contributed by atoms with Crippen LogP contribution in [0.3, 0.4) is 0 Å². The van der Waals surface area contributed by atoms with Crippen molar-refractivity contribution in [2.75, 3.05) is 0 Å². The first-order chi connectivity index (χ1) is 7.77. The van der Waals surface area contributed by atoms with Crippen LogP contribution in [0.2, 0.25) is 0 Å². The second-order valence-electron chi connectivity index (χ2n) is 3.40. The number of hydrogen-bond acceptors (Lipinski definition) is 6. The average Bonchev–Trinajstić information content (AvgIpc) is 2.95. The molecule has 86 valence electrons. The highest BCUT2D eigenvalue weighted by Crippen LogP contribution is 2.20. The van der Waals surface area contributed by atoms with E-state index in [4.69, 9.17) is 0 Å². The van der Waals surface area contributed by atoms with Crippen molar-refractivity contribution in [1.82, 2.24) is 10.6 Å². The van der Waals surface area contributed by atoms with Gasteiger partial charge in [-0.2, -0.15) is 0 Å². The molecule has 2 heterocycles. The van der Waals surface area contributed by atoms with Crippen LogP contribution in [-0.4, -0.2) is 22.3 Å². The van der Waals surface area contributed by atoms with Gasteiger partial charge in [-0.1, -0.05) is 23.5 Å². The SMILES string of the molecule is O=C(CCC(=O)C1NC=CS1)C1NC=CS1. The fourth-order valence-corrected chi connectivity index (χ4v) is 2.90. The molecule has 4 nitrogen and oxygen atoms in total. The molecular formula is C10H12N2O2S2. The Morgan fingerprint density at radius 2 is 1.38 bits per heavy atom. The third kappa shape index (κ3) is 2.82. The van der Waals surface area contributed by atoms with E-state index in [-0.39, 0.29) is 22.3 Å². The number of Topliss-reactive ketones (excluding diaryl/α,β-unsaturated/α-hetero) is 2. The molecule has 16 heavy (non-hydrogen) atoms. The predicted octanol–water partition coefficient (Wildman–Crippen LogP) is 1.17. The lowest BCUT2D eigenvalue weighted by Crippen LogP contribution is -2.30. The van der Waals surface area contributed by atoms with Crippen LogP contribution in [0.5, 0.6) is 0 Å². The van der Waals surface area contributed by atoms with Gasteiger partial charge in [0.2, 0.25) is 0 Å². The standard InChI is InChI=1S/C10H12N2O2S2/c13-7(9-11-3-5-15-9)1-2-8(14)10-12-4-6-16-10/h3-6,9-12H,1-2H2. The first-order valence-corrected chi connectivity index (χ1v) is 6.84.